The summed E-state index contributed by atoms with van der Waals surface area (Å²) in [6.07, 6.45) is 7.30. The largest absolute Gasteiger partial charge is 0.394 e. The second kappa shape index (κ2) is 10.0. The van der Waals surface area contributed by atoms with Crippen molar-refractivity contribution in [2.75, 3.05) is 13.2 Å². The topological polar surface area (TPSA) is 29.5 Å². The summed E-state index contributed by atoms with van der Waals surface area (Å²) in [6.45, 7) is 5.22. The lowest BCUT2D eigenvalue weighted by atomic mass is 10.2. The first kappa shape index (κ1) is 12.9. The van der Waals surface area contributed by atoms with Crippen molar-refractivity contribution < 1.29 is 9.84 Å². The number of hydrogen-bond acceptors (Lipinski definition) is 2. The molecule has 2 heteroatoms. The van der Waals surface area contributed by atoms with Crippen LogP contribution in [0, 0.1) is 0 Å². The third-order valence-electron chi connectivity index (χ3n) is 2.26. The van der Waals surface area contributed by atoms with E-state index in [2.05, 4.69) is 6.92 Å². The van der Waals surface area contributed by atoms with Gasteiger partial charge in [0.05, 0.1) is 12.7 Å². The molecule has 2 nitrogen and oxygen atoms in total. The van der Waals surface area contributed by atoms with Gasteiger partial charge in [0.1, 0.15) is 0 Å². The SMILES string of the molecule is CCCCCCCOC(CC)CO. The maximum Gasteiger partial charge on any atom is 0.0803 e. The Morgan fingerprint density at radius 3 is 2.31 bits per heavy atom. The van der Waals surface area contributed by atoms with E-state index in [0.717, 1.165) is 19.4 Å². The summed E-state index contributed by atoms with van der Waals surface area (Å²) >= 11 is 0. The van der Waals surface area contributed by atoms with Crippen LogP contribution in [0.5, 0.6) is 0 Å². The van der Waals surface area contributed by atoms with Gasteiger partial charge in [-0.1, -0.05) is 39.5 Å². The van der Waals surface area contributed by atoms with E-state index in [0.29, 0.717) is 0 Å². The Kier molecular flexibility index (Phi) is 9.94. The fourth-order valence-corrected chi connectivity index (χ4v) is 1.26. The van der Waals surface area contributed by atoms with Crippen molar-refractivity contribution in [2.24, 2.45) is 0 Å². The van der Waals surface area contributed by atoms with Crippen LogP contribution in [-0.4, -0.2) is 24.4 Å². The summed E-state index contributed by atoms with van der Waals surface area (Å²) in [4.78, 5) is 0. The lowest BCUT2D eigenvalue weighted by molar-refractivity contribution is 0.00931. The molecular formula is C11H24O2. The highest BCUT2D eigenvalue weighted by Crippen LogP contribution is 2.04. The quantitative estimate of drug-likeness (QED) is 0.564. The number of aliphatic hydroxyl groups excluding tert-OH is 1. The average Bonchev–Trinajstić information content (AvgIpc) is 2.17. The van der Waals surface area contributed by atoms with Crippen LogP contribution in [0.4, 0.5) is 0 Å². The first-order valence-corrected chi connectivity index (χ1v) is 5.57. The maximum absolute atomic E-state index is 8.84. The Balaban J connectivity index is 3.05. The van der Waals surface area contributed by atoms with Gasteiger partial charge in [-0.3, -0.25) is 0 Å². The van der Waals surface area contributed by atoms with Crippen LogP contribution in [0.25, 0.3) is 0 Å². The molecule has 0 aromatic carbocycles. The molecule has 1 N–H and O–H groups in total. The molecule has 0 aromatic rings. The molecule has 0 saturated heterocycles. The molecule has 1 atom stereocenters. The average molecular weight is 188 g/mol. The molecule has 0 aliphatic rings. The molecule has 0 radical (unpaired) electrons. The molecule has 0 rings (SSSR count). The third-order valence-corrected chi connectivity index (χ3v) is 2.26. The van der Waals surface area contributed by atoms with E-state index < -0.39 is 0 Å². The minimum absolute atomic E-state index is 0.0613. The lowest BCUT2D eigenvalue weighted by Crippen LogP contribution is -2.16. The molecule has 0 saturated carbocycles. The van der Waals surface area contributed by atoms with Crippen LogP contribution in [0.3, 0.4) is 0 Å². The molecule has 13 heavy (non-hydrogen) atoms. The Bertz CT molecular complexity index is 90.1. The summed E-state index contributed by atoms with van der Waals surface area (Å²) in [5.74, 6) is 0. The van der Waals surface area contributed by atoms with E-state index in [4.69, 9.17) is 9.84 Å². The van der Waals surface area contributed by atoms with Gasteiger partial charge in [-0.05, 0) is 12.8 Å². The number of rotatable bonds is 9. The summed E-state index contributed by atoms with van der Waals surface area (Å²) in [5, 5.41) is 8.84. The fourth-order valence-electron chi connectivity index (χ4n) is 1.26. The Morgan fingerprint density at radius 1 is 1.08 bits per heavy atom. The monoisotopic (exact) mass is 188 g/mol. The van der Waals surface area contributed by atoms with Gasteiger partial charge in [-0.25, -0.2) is 0 Å². The zero-order chi connectivity index (χ0) is 9.94. The normalized spacial score (nSPS) is 13.2. The predicted molar refractivity (Wildman–Crippen MR) is 55.9 cm³/mol. The van der Waals surface area contributed by atoms with Gasteiger partial charge in [-0.2, -0.15) is 0 Å². The van der Waals surface area contributed by atoms with Gasteiger partial charge >= 0.3 is 0 Å². The van der Waals surface area contributed by atoms with Gasteiger partial charge in [0.15, 0.2) is 0 Å². The molecule has 0 bridgehead atoms. The van der Waals surface area contributed by atoms with Crippen molar-refractivity contribution in [3.05, 3.63) is 0 Å². The molecule has 0 aromatic heterocycles. The van der Waals surface area contributed by atoms with E-state index in [1.165, 1.54) is 25.7 Å². The Morgan fingerprint density at radius 2 is 1.77 bits per heavy atom. The van der Waals surface area contributed by atoms with Crippen molar-refractivity contribution in [3.8, 4) is 0 Å². The van der Waals surface area contributed by atoms with Crippen molar-refractivity contribution >= 4 is 0 Å². The predicted octanol–water partition coefficient (Wildman–Crippen LogP) is 2.74. The zero-order valence-electron chi connectivity index (χ0n) is 9.09. The van der Waals surface area contributed by atoms with E-state index in [1.807, 2.05) is 6.92 Å². The molecule has 0 spiro atoms. The van der Waals surface area contributed by atoms with E-state index in [9.17, 15) is 0 Å². The third kappa shape index (κ3) is 8.26. The molecule has 0 fully saturated rings. The highest BCUT2D eigenvalue weighted by Gasteiger charge is 2.02. The van der Waals surface area contributed by atoms with Crippen molar-refractivity contribution in [3.63, 3.8) is 0 Å². The molecule has 0 heterocycles. The molecule has 0 aliphatic heterocycles. The zero-order valence-corrected chi connectivity index (χ0v) is 9.09. The highest BCUT2D eigenvalue weighted by atomic mass is 16.5. The van der Waals surface area contributed by atoms with Crippen LogP contribution in [-0.2, 0) is 4.74 Å². The molecular weight excluding hydrogens is 164 g/mol. The van der Waals surface area contributed by atoms with Crippen molar-refractivity contribution in [2.45, 2.75) is 58.5 Å². The first-order valence-electron chi connectivity index (χ1n) is 5.57. The Hall–Kier alpha value is -0.0800. The number of hydrogen-bond donors (Lipinski definition) is 1. The van der Waals surface area contributed by atoms with E-state index in [-0.39, 0.29) is 12.7 Å². The van der Waals surface area contributed by atoms with Gasteiger partial charge in [-0.15, -0.1) is 0 Å². The molecule has 0 amide bonds. The number of ether oxygens (including phenoxy) is 1. The Labute approximate surface area is 82.3 Å². The van der Waals surface area contributed by atoms with Crippen molar-refractivity contribution in [1.82, 2.24) is 0 Å². The lowest BCUT2D eigenvalue weighted by Gasteiger charge is -2.12. The van der Waals surface area contributed by atoms with Crippen LogP contribution in [0.1, 0.15) is 52.4 Å². The van der Waals surface area contributed by atoms with Gasteiger partial charge < -0.3 is 9.84 Å². The van der Waals surface area contributed by atoms with Crippen LogP contribution in [0.15, 0.2) is 0 Å². The second-order valence-corrected chi connectivity index (χ2v) is 3.50. The minimum Gasteiger partial charge on any atom is -0.394 e. The maximum atomic E-state index is 8.84. The van der Waals surface area contributed by atoms with Gasteiger partial charge in [0.2, 0.25) is 0 Å². The molecule has 1 unspecified atom stereocenters. The summed E-state index contributed by atoms with van der Waals surface area (Å²) in [6, 6.07) is 0. The van der Waals surface area contributed by atoms with E-state index >= 15 is 0 Å². The first-order chi connectivity index (χ1) is 6.35. The summed E-state index contributed by atoms with van der Waals surface area (Å²) < 4.78 is 5.47. The van der Waals surface area contributed by atoms with Gasteiger partial charge in [0, 0.05) is 6.61 Å². The van der Waals surface area contributed by atoms with Crippen molar-refractivity contribution in [1.29, 1.82) is 0 Å². The van der Waals surface area contributed by atoms with Crippen LogP contribution in [0.2, 0.25) is 0 Å². The summed E-state index contributed by atoms with van der Waals surface area (Å²) in [5.41, 5.74) is 0. The molecule has 80 valence electrons. The van der Waals surface area contributed by atoms with Crippen LogP contribution < -0.4 is 0 Å². The second-order valence-electron chi connectivity index (χ2n) is 3.50. The summed E-state index contributed by atoms with van der Waals surface area (Å²) in [7, 11) is 0. The van der Waals surface area contributed by atoms with E-state index in [1.54, 1.807) is 0 Å². The fraction of sp³-hybridized carbons (Fsp3) is 1.00. The number of aliphatic hydroxyl groups is 1. The van der Waals surface area contributed by atoms with Crippen LogP contribution >= 0.6 is 0 Å². The minimum atomic E-state index is 0.0613. The smallest absolute Gasteiger partial charge is 0.0803 e. The standard InChI is InChI=1S/C11H24O2/c1-3-5-6-7-8-9-13-11(4-2)10-12/h11-12H,3-10H2,1-2H3. The highest BCUT2D eigenvalue weighted by molar-refractivity contribution is 4.51. The van der Waals surface area contributed by atoms with Gasteiger partial charge in [0.25, 0.3) is 0 Å². The molecule has 0 aliphatic carbocycles. The number of unbranched alkanes of at least 4 members (excludes halogenated alkanes) is 4.